The van der Waals surface area contributed by atoms with Gasteiger partial charge >= 0.3 is 5.97 Å². The van der Waals surface area contributed by atoms with Crippen molar-refractivity contribution in [3.63, 3.8) is 0 Å². The molecule has 0 spiro atoms. The standard InChI is InChI=1S/C22H20N2O3/c1-15-11-12-16(2)19(14-15)24-21(25)20(17-8-4-3-5-9-17)27-22(26)18-10-6-7-13-23-18/h3-14,20H,1-2H3,(H,24,25). The van der Waals surface area contributed by atoms with Crippen LogP contribution in [0.5, 0.6) is 0 Å². The smallest absolute Gasteiger partial charge is 0.358 e. The van der Waals surface area contributed by atoms with E-state index in [0.717, 1.165) is 11.1 Å². The molecular weight excluding hydrogens is 340 g/mol. The summed E-state index contributed by atoms with van der Waals surface area (Å²) in [4.78, 5) is 29.4. The minimum atomic E-state index is -1.08. The van der Waals surface area contributed by atoms with Crippen LogP contribution in [0.1, 0.15) is 33.3 Å². The van der Waals surface area contributed by atoms with Gasteiger partial charge in [0.1, 0.15) is 5.69 Å². The second-order valence-electron chi connectivity index (χ2n) is 6.22. The van der Waals surface area contributed by atoms with E-state index in [0.29, 0.717) is 11.3 Å². The molecule has 3 aromatic rings. The van der Waals surface area contributed by atoms with Gasteiger partial charge in [0.2, 0.25) is 6.10 Å². The van der Waals surface area contributed by atoms with Crippen molar-refractivity contribution in [3.8, 4) is 0 Å². The van der Waals surface area contributed by atoms with Crippen molar-refractivity contribution in [1.29, 1.82) is 0 Å². The molecular formula is C22H20N2O3. The lowest BCUT2D eigenvalue weighted by molar-refractivity contribution is -0.125. The van der Waals surface area contributed by atoms with Crippen LogP contribution < -0.4 is 5.32 Å². The van der Waals surface area contributed by atoms with Gasteiger partial charge in [0.25, 0.3) is 5.91 Å². The fourth-order valence-corrected chi connectivity index (χ4v) is 2.62. The summed E-state index contributed by atoms with van der Waals surface area (Å²) in [6, 6.07) is 19.7. The van der Waals surface area contributed by atoms with Crippen LogP contribution in [0, 0.1) is 13.8 Å². The molecule has 136 valence electrons. The number of carbonyl (C=O) groups excluding carboxylic acids is 2. The number of anilines is 1. The molecule has 0 aliphatic rings. The van der Waals surface area contributed by atoms with E-state index in [2.05, 4.69) is 10.3 Å². The molecule has 3 rings (SSSR count). The Hall–Kier alpha value is -3.47. The number of nitrogens with one attached hydrogen (secondary N) is 1. The highest BCUT2D eigenvalue weighted by atomic mass is 16.5. The highest BCUT2D eigenvalue weighted by molar-refractivity contribution is 5.98. The van der Waals surface area contributed by atoms with Gasteiger partial charge in [-0.15, -0.1) is 0 Å². The van der Waals surface area contributed by atoms with Gasteiger partial charge in [0, 0.05) is 17.4 Å². The van der Waals surface area contributed by atoms with Crippen LogP contribution in [0.3, 0.4) is 0 Å². The Morgan fingerprint density at radius 2 is 1.70 bits per heavy atom. The van der Waals surface area contributed by atoms with Gasteiger partial charge in [-0.3, -0.25) is 4.79 Å². The first-order chi connectivity index (χ1) is 13.0. The summed E-state index contributed by atoms with van der Waals surface area (Å²) in [6.45, 7) is 3.86. The van der Waals surface area contributed by atoms with Crippen LogP contribution in [-0.2, 0) is 9.53 Å². The number of pyridine rings is 1. The zero-order valence-electron chi connectivity index (χ0n) is 15.2. The summed E-state index contributed by atoms with van der Waals surface area (Å²) in [5, 5.41) is 2.87. The van der Waals surface area contributed by atoms with E-state index in [9.17, 15) is 9.59 Å². The number of rotatable bonds is 5. The third-order valence-electron chi connectivity index (χ3n) is 4.09. The number of carbonyl (C=O) groups is 2. The van der Waals surface area contributed by atoms with Crippen molar-refractivity contribution >= 4 is 17.6 Å². The van der Waals surface area contributed by atoms with Crippen LogP contribution in [0.25, 0.3) is 0 Å². The van der Waals surface area contributed by atoms with Gasteiger partial charge in [-0.05, 0) is 43.2 Å². The summed E-state index contributed by atoms with van der Waals surface area (Å²) in [7, 11) is 0. The third-order valence-corrected chi connectivity index (χ3v) is 4.09. The average molecular weight is 360 g/mol. The fourth-order valence-electron chi connectivity index (χ4n) is 2.62. The molecule has 0 bridgehead atoms. The zero-order valence-corrected chi connectivity index (χ0v) is 15.2. The van der Waals surface area contributed by atoms with E-state index in [1.54, 1.807) is 42.5 Å². The normalized spacial score (nSPS) is 11.5. The molecule has 0 aliphatic heterocycles. The molecule has 1 unspecified atom stereocenters. The molecule has 2 aromatic carbocycles. The Kier molecular flexibility index (Phi) is 5.61. The molecule has 0 saturated heterocycles. The molecule has 1 aromatic heterocycles. The summed E-state index contributed by atoms with van der Waals surface area (Å²) < 4.78 is 5.51. The topological polar surface area (TPSA) is 68.3 Å². The van der Waals surface area contributed by atoms with Crippen LogP contribution >= 0.6 is 0 Å². The lowest BCUT2D eigenvalue weighted by atomic mass is 10.1. The zero-order chi connectivity index (χ0) is 19.2. The molecule has 0 aliphatic carbocycles. The Morgan fingerprint density at radius 3 is 2.41 bits per heavy atom. The molecule has 0 fully saturated rings. The molecule has 27 heavy (non-hydrogen) atoms. The van der Waals surface area contributed by atoms with Crippen molar-refractivity contribution in [2.45, 2.75) is 20.0 Å². The molecule has 0 radical (unpaired) electrons. The maximum absolute atomic E-state index is 12.9. The number of nitrogens with zero attached hydrogens (tertiary/aromatic N) is 1. The average Bonchev–Trinajstić information content (AvgIpc) is 2.70. The minimum Gasteiger partial charge on any atom is -0.443 e. The van der Waals surface area contributed by atoms with Crippen LogP contribution in [0.15, 0.2) is 72.9 Å². The van der Waals surface area contributed by atoms with E-state index in [4.69, 9.17) is 4.74 Å². The second kappa shape index (κ2) is 8.27. The van der Waals surface area contributed by atoms with Crippen molar-refractivity contribution in [2.75, 3.05) is 5.32 Å². The molecule has 1 N–H and O–H groups in total. The Labute approximate surface area is 158 Å². The van der Waals surface area contributed by atoms with Gasteiger partial charge < -0.3 is 10.1 Å². The summed E-state index contributed by atoms with van der Waals surface area (Å²) in [5.41, 5.74) is 3.38. The maximum Gasteiger partial charge on any atom is 0.358 e. The van der Waals surface area contributed by atoms with Gasteiger partial charge in [-0.25, -0.2) is 9.78 Å². The molecule has 0 saturated carbocycles. The highest BCUT2D eigenvalue weighted by Gasteiger charge is 2.26. The molecule has 1 amide bonds. The SMILES string of the molecule is Cc1ccc(C)c(NC(=O)C(OC(=O)c2ccccn2)c2ccccc2)c1. The number of ether oxygens (including phenoxy) is 1. The second-order valence-corrected chi connectivity index (χ2v) is 6.22. The van der Waals surface area contributed by atoms with Gasteiger partial charge in [-0.1, -0.05) is 48.5 Å². The first kappa shape index (κ1) is 18.3. The number of esters is 1. The van der Waals surface area contributed by atoms with E-state index in [-0.39, 0.29) is 5.69 Å². The van der Waals surface area contributed by atoms with Gasteiger partial charge in [0.05, 0.1) is 0 Å². The number of aromatic nitrogens is 1. The lowest BCUT2D eigenvalue weighted by Crippen LogP contribution is -2.26. The number of amides is 1. The molecule has 1 heterocycles. The van der Waals surface area contributed by atoms with Crippen molar-refractivity contribution in [2.24, 2.45) is 0 Å². The van der Waals surface area contributed by atoms with E-state index < -0.39 is 18.0 Å². The van der Waals surface area contributed by atoms with Crippen molar-refractivity contribution in [1.82, 2.24) is 4.98 Å². The first-order valence-corrected chi connectivity index (χ1v) is 8.59. The first-order valence-electron chi connectivity index (χ1n) is 8.59. The van der Waals surface area contributed by atoms with E-state index >= 15 is 0 Å². The number of aryl methyl sites for hydroxylation is 2. The summed E-state index contributed by atoms with van der Waals surface area (Å²) >= 11 is 0. The van der Waals surface area contributed by atoms with Crippen LogP contribution in [-0.4, -0.2) is 16.9 Å². The minimum absolute atomic E-state index is 0.151. The van der Waals surface area contributed by atoms with E-state index in [1.807, 2.05) is 38.1 Å². The van der Waals surface area contributed by atoms with Gasteiger partial charge in [-0.2, -0.15) is 0 Å². The predicted octanol–water partition coefficient (Wildman–Crippen LogP) is 4.24. The number of benzene rings is 2. The third kappa shape index (κ3) is 4.58. The maximum atomic E-state index is 12.9. The van der Waals surface area contributed by atoms with Crippen LogP contribution in [0.4, 0.5) is 5.69 Å². The molecule has 5 heteroatoms. The summed E-state index contributed by atoms with van der Waals surface area (Å²) in [6.07, 6.45) is 0.421. The quantitative estimate of drug-likeness (QED) is 0.691. The Bertz CT molecular complexity index is 940. The molecule has 1 atom stereocenters. The van der Waals surface area contributed by atoms with Crippen molar-refractivity contribution in [3.05, 3.63) is 95.3 Å². The molecule has 5 nitrogen and oxygen atoms in total. The van der Waals surface area contributed by atoms with Crippen LogP contribution in [0.2, 0.25) is 0 Å². The Balaban J connectivity index is 1.87. The van der Waals surface area contributed by atoms with Crippen molar-refractivity contribution < 1.29 is 14.3 Å². The number of hydrogen-bond donors (Lipinski definition) is 1. The fraction of sp³-hybridized carbons (Fsp3) is 0.136. The van der Waals surface area contributed by atoms with Gasteiger partial charge in [0.15, 0.2) is 0 Å². The van der Waals surface area contributed by atoms with E-state index in [1.165, 1.54) is 6.20 Å². The Morgan fingerprint density at radius 1 is 0.963 bits per heavy atom. The monoisotopic (exact) mass is 360 g/mol. The predicted molar refractivity (Wildman–Crippen MR) is 103 cm³/mol. The lowest BCUT2D eigenvalue weighted by Gasteiger charge is -2.19. The summed E-state index contributed by atoms with van der Waals surface area (Å²) in [5.74, 6) is -1.07. The number of hydrogen-bond acceptors (Lipinski definition) is 4. The largest absolute Gasteiger partial charge is 0.443 e. The highest BCUT2D eigenvalue weighted by Crippen LogP contribution is 2.23.